The normalized spacial score (nSPS) is 21.5. The predicted octanol–water partition coefficient (Wildman–Crippen LogP) is 3.74. The van der Waals surface area contributed by atoms with Gasteiger partial charge in [-0.05, 0) is 35.9 Å². The number of Topliss-reactive ketones (excluding diaryl/α,β-unsaturated/α-hetero) is 1. The molecule has 2 aromatic rings. The SMILES string of the molecule is CC(C)(CN)C1(c2ccccc2)CCc2ccccc2C1=O. The summed E-state index contributed by atoms with van der Waals surface area (Å²) in [5, 5.41) is 0. The molecule has 0 aliphatic heterocycles. The molecule has 2 nitrogen and oxygen atoms in total. The second-order valence-corrected chi connectivity index (χ2v) is 6.85. The van der Waals surface area contributed by atoms with E-state index in [2.05, 4.69) is 32.0 Å². The molecule has 2 aromatic carbocycles. The molecule has 0 radical (unpaired) electrons. The van der Waals surface area contributed by atoms with Crippen molar-refractivity contribution < 1.29 is 4.79 Å². The molecule has 2 heteroatoms. The Bertz CT molecular complexity index is 690. The summed E-state index contributed by atoms with van der Waals surface area (Å²) in [6.07, 6.45) is 1.73. The van der Waals surface area contributed by atoms with E-state index in [1.807, 2.05) is 36.4 Å². The summed E-state index contributed by atoms with van der Waals surface area (Å²) in [6.45, 7) is 4.72. The minimum atomic E-state index is -0.544. The van der Waals surface area contributed by atoms with Gasteiger partial charge in [-0.25, -0.2) is 0 Å². The van der Waals surface area contributed by atoms with Crippen molar-refractivity contribution >= 4 is 5.78 Å². The van der Waals surface area contributed by atoms with Gasteiger partial charge in [0.25, 0.3) is 0 Å². The third kappa shape index (κ3) is 2.02. The minimum Gasteiger partial charge on any atom is -0.330 e. The number of fused-ring (bicyclic) bond motifs is 1. The maximum absolute atomic E-state index is 13.5. The van der Waals surface area contributed by atoms with Gasteiger partial charge in [-0.1, -0.05) is 68.4 Å². The number of hydrogen-bond acceptors (Lipinski definition) is 2. The zero-order chi connectivity index (χ0) is 15.8. The van der Waals surface area contributed by atoms with Gasteiger partial charge in [-0.2, -0.15) is 0 Å². The molecule has 0 saturated heterocycles. The molecule has 1 aliphatic carbocycles. The first kappa shape index (κ1) is 15.0. The van der Waals surface area contributed by atoms with Crippen molar-refractivity contribution in [2.75, 3.05) is 6.54 Å². The molecule has 0 heterocycles. The lowest BCUT2D eigenvalue weighted by Gasteiger charge is -2.48. The lowest BCUT2D eigenvalue weighted by molar-refractivity contribution is 0.0671. The Hall–Kier alpha value is -1.93. The highest BCUT2D eigenvalue weighted by Crippen LogP contribution is 2.49. The number of aryl methyl sites for hydroxylation is 1. The summed E-state index contributed by atoms with van der Waals surface area (Å²) in [5.41, 5.74) is 8.36. The highest BCUT2D eigenvalue weighted by Gasteiger charge is 2.53. The van der Waals surface area contributed by atoms with E-state index in [1.54, 1.807) is 0 Å². The minimum absolute atomic E-state index is 0.219. The van der Waals surface area contributed by atoms with Gasteiger partial charge in [-0.3, -0.25) is 4.79 Å². The predicted molar refractivity (Wildman–Crippen MR) is 90.0 cm³/mol. The molecule has 0 aromatic heterocycles. The molecule has 1 unspecified atom stereocenters. The first-order chi connectivity index (χ1) is 10.5. The van der Waals surface area contributed by atoms with Crippen LogP contribution in [0.2, 0.25) is 0 Å². The Morgan fingerprint density at radius 3 is 2.36 bits per heavy atom. The molecule has 0 bridgehead atoms. The van der Waals surface area contributed by atoms with Gasteiger partial charge in [-0.15, -0.1) is 0 Å². The Morgan fingerprint density at radius 1 is 1.05 bits per heavy atom. The fourth-order valence-corrected chi connectivity index (χ4v) is 3.83. The van der Waals surface area contributed by atoms with Gasteiger partial charge in [0.05, 0.1) is 5.41 Å². The molecule has 22 heavy (non-hydrogen) atoms. The average Bonchev–Trinajstić information content (AvgIpc) is 2.56. The largest absolute Gasteiger partial charge is 0.330 e. The molecule has 2 N–H and O–H groups in total. The summed E-state index contributed by atoms with van der Waals surface area (Å²) in [6, 6.07) is 18.1. The molecule has 0 saturated carbocycles. The molecule has 0 amide bonds. The van der Waals surface area contributed by atoms with E-state index in [0.29, 0.717) is 6.54 Å². The van der Waals surface area contributed by atoms with Crippen molar-refractivity contribution in [2.45, 2.75) is 32.1 Å². The van der Waals surface area contributed by atoms with Crippen LogP contribution in [0.15, 0.2) is 54.6 Å². The van der Waals surface area contributed by atoms with Crippen LogP contribution in [-0.2, 0) is 11.8 Å². The third-order valence-corrected chi connectivity index (χ3v) is 5.35. The van der Waals surface area contributed by atoms with Gasteiger partial charge >= 0.3 is 0 Å². The smallest absolute Gasteiger partial charge is 0.174 e. The van der Waals surface area contributed by atoms with Crippen LogP contribution in [0.1, 0.15) is 41.8 Å². The van der Waals surface area contributed by atoms with E-state index in [9.17, 15) is 4.79 Å². The van der Waals surface area contributed by atoms with E-state index in [4.69, 9.17) is 5.73 Å². The standard InChI is InChI=1S/C20H23NO/c1-19(2,14-21)20(16-9-4-3-5-10-16)13-12-15-8-6-7-11-17(15)18(20)22/h3-11H,12-14,21H2,1-2H3. The van der Waals surface area contributed by atoms with Crippen molar-refractivity contribution in [3.05, 3.63) is 71.3 Å². The molecule has 0 fully saturated rings. The highest BCUT2D eigenvalue weighted by atomic mass is 16.1. The van der Waals surface area contributed by atoms with Crippen LogP contribution in [0.5, 0.6) is 0 Å². The highest BCUT2D eigenvalue weighted by molar-refractivity contribution is 6.06. The molecule has 3 rings (SSSR count). The van der Waals surface area contributed by atoms with E-state index < -0.39 is 5.41 Å². The fourth-order valence-electron chi connectivity index (χ4n) is 3.83. The monoisotopic (exact) mass is 293 g/mol. The second-order valence-electron chi connectivity index (χ2n) is 6.85. The zero-order valence-corrected chi connectivity index (χ0v) is 13.3. The molecule has 0 spiro atoms. The summed E-state index contributed by atoms with van der Waals surface area (Å²) >= 11 is 0. The van der Waals surface area contributed by atoms with Gasteiger partial charge in [0.2, 0.25) is 0 Å². The van der Waals surface area contributed by atoms with E-state index in [-0.39, 0.29) is 11.2 Å². The molecule has 114 valence electrons. The quantitative estimate of drug-likeness (QED) is 0.937. The maximum atomic E-state index is 13.5. The van der Waals surface area contributed by atoms with Crippen molar-refractivity contribution in [1.29, 1.82) is 0 Å². The van der Waals surface area contributed by atoms with E-state index in [0.717, 1.165) is 29.5 Å². The van der Waals surface area contributed by atoms with Crippen LogP contribution in [0.3, 0.4) is 0 Å². The van der Waals surface area contributed by atoms with Gasteiger partial charge in [0, 0.05) is 5.56 Å². The van der Waals surface area contributed by atoms with Crippen LogP contribution in [0.4, 0.5) is 0 Å². The van der Waals surface area contributed by atoms with E-state index >= 15 is 0 Å². The van der Waals surface area contributed by atoms with Crippen LogP contribution in [-0.4, -0.2) is 12.3 Å². The first-order valence-corrected chi connectivity index (χ1v) is 7.91. The summed E-state index contributed by atoms with van der Waals surface area (Å²) in [4.78, 5) is 13.5. The van der Waals surface area contributed by atoms with Gasteiger partial charge < -0.3 is 5.73 Å². The van der Waals surface area contributed by atoms with Crippen molar-refractivity contribution in [2.24, 2.45) is 11.1 Å². The van der Waals surface area contributed by atoms with Gasteiger partial charge in [0.15, 0.2) is 5.78 Å². The third-order valence-electron chi connectivity index (χ3n) is 5.35. The van der Waals surface area contributed by atoms with E-state index in [1.165, 1.54) is 0 Å². The van der Waals surface area contributed by atoms with Crippen LogP contribution in [0.25, 0.3) is 0 Å². The number of carbonyl (C=O) groups is 1. The summed E-state index contributed by atoms with van der Waals surface area (Å²) < 4.78 is 0. The topological polar surface area (TPSA) is 43.1 Å². The number of carbonyl (C=O) groups excluding carboxylic acids is 1. The zero-order valence-electron chi connectivity index (χ0n) is 13.3. The van der Waals surface area contributed by atoms with Crippen LogP contribution < -0.4 is 5.73 Å². The Morgan fingerprint density at radius 2 is 1.68 bits per heavy atom. The molecular weight excluding hydrogens is 270 g/mol. The van der Waals surface area contributed by atoms with Crippen molar-refractivity contribution in [3.8, 4) is 0 Å². The number of ketones is 1. The maximum Gasteiger partial charge on any atom is 0.174 e. The number of rotatable bonds is 3. The van der Waals surface area contributed by atoms with Gasteiger partial charge in [0.1, 0.15) is 0 Å². The van der Waals surface area contributed by atoms with Crippen molar-refractivity contribution in [1.82, 2.24) is 0 Å². The number of benzene rings is 2. The van der Waals surface area contributed by atoms with Crippen LogP contribution in [0, 0.1) is 5.41 Å². The Balaban J connectivity index is 2.24. The average molecular weight is 293 g/mol. The Labute approximate surface area is 132 Å². The number of nitrogens with two attached hydrogens (primary N) is 1. The lowest BCUT2D eigenvalue weighted by atomic mass is 9.54. The Kier molecular flexibility index (Phi) is 3.65. The fraction of sp³-hybridized carbons (Fsp3) is 0.350. The first-order valence-electron chi connectivity index (χ1n) is 7.91. The molecule has 1 atom stereocenters. The van der Waals surface area contributed by atoms with Crippen molar-refractivity contribution in [3.63, 3.8) is 0 Å². The lowest BCUT2D eigenvalue weighted by Crippen LogP contribution is -2.54. The summed E-state index contributed by atoms with van der Waals surface area (Å²) in [7, 11) is 0. The second kappa shape index (κ2) is 5.36. The molecule has 1 aliphatic rings. The number of hydrogen-bond donors (Lipinski definition) is 1. The summed E-state index contributed by atoms with van der Waals surface area (Å²) in [5.74, 6) is 0.219. The van der Waals surface area contributed by atoms with Crippen LogP contribution >= 0.6 is 0 Å². The molecular formula is C20H23NO.